The number of carbonyl (C=O) groups excluding carboxylic acids is 1. The average molecular weight is 427 g/mol. The molecule has 8 heteroatoms. The lowest BCUT2D eigenvalue weighted by atomic mass is 9.94. The van der Waals surface area contributed by atoms with Crippen LogP contribution in [0.2, 0.25) is 0 Å². The standard InChI is InChI=1S/C22H26N4O3S/c1-22(2)10-18-19(20(27)25-22)30-21(24-18)26-6-7-29-12-14(26)8-13-11-23-17-9-15(28-3)4-5-16(13)17/h4-5,9,11,14,23H,6-8,10,12H2,1-3H3,(H,25,27)/t14-/m0/s1. The second kappa shape index (κ2) is 7.28. The molecule has 4 heterocycles. The van der Waals surface area contributed by atoms with Crippen LogP contribution < -0.4 is 15.0 Å². The number of amides is 1. The minimum absolute atomic E-state index is 0.0135. The van der Waals surface area contributed by atoms with Crippen LogP contribution in [-0.4, -0.2) is 54.3 Å². The smallest absolute Gasteiger partial charge is 0.263 e. The first-order valence-corrected chi connectivity index (χ1v) is 11.1. The fourth-order valence-electron chi connectivity index (χ4n) is 4.38. The van der Waals surface area contributed by atoms with Gasteiger partial charge in [-0.25, -0.2) is 4.98 Å². The first-order valence-electron chi connectivity index (χ1n) is 10.2. The molecule has 158 valence electrons. The molecule has 1 saturated heterocycles. The first kappa shape index (κ1) is 19.4. The summed E-state index contributed by atoms with van der Waals surface area (Å²) < 4.78 is 11.1. The fourth-order valence-corrected chi connectivity index (χ4v) is 5.45. The Morgan fingerprint density at radius 1 is 1.40 bits per heavy atom. The first-order chi connectivity index (χ1) is 14.4. The van der Waals surface area contributed by atoms with E-state index in [1.165, 1.54) is 22.3 Å². The van der Waals surface area contributed by atoms with Crippen LogP contribution >= 0.6 is 11.3 Å². The normalized spacial score (nSPS) is 20.8. The highest BCUT2D eigenvalue weighted by Gasteiger charge is 2.35. The van der Waals surface area contributed by atoms with Gasteiger partial charge >= 0.3 is 0 Å². The molecule has 2 N–H and O–H groups in total. The molecular weight excluding hydrogens is 400 g/mol. The minimum atomic E-state index is -0.259. The van der Waals surface area contributed by atoms with Crippen LogP contribution in [0.15, 0.2) is 24.4 Å². The molecule has 1 atom stereocenters. The molecule has 3 aromatic rings. The van der Waals surface area contributed by atoms with Crippen LogP contribution in [0.3, 0.4) is 0 Å². The number of hydrogen-bond acceptors (Lipinski definition) is 6. The number of anilines is 1. The molecule has 2 aliphatic rings. The largest absolute Gasteiger partial charge is 0.497 e. The number of rotatable bonds is 4. The Morgan fingerprint density at radius 2 is 2.27 bits per heavy atom. The zero-order valence-corrected chi connectivity index (χ0v) is 18.3. The summed E-state index contributed by atoms with van der Waals surface area (Å²) in [5.41, 5.74) is 2.96. The predicted molar refractivity (Wildman–Crippen MR) is 118 cm³/mol. The highest BCUT2D eigenvalue weighted by Crippen LogP contribution is 2.34. The number of aromatic amines is 1. The number of aromatic nitrogens is 2. The Bertz CT molecular complexity index is 1100. The van der Waals surface area contributed by atoms with Crippen molar-refractivity contribution in [2.75, 3.05) is 31.8 Å². The summed E-state index contributed by atoms with van der Waals surface area (Å²) in [7, 11) is 1.68. The number of benzene rings is 1. The maximum Gasteiger partial charge on any atom is 0.263 e. The summed E-state index contributed by atoms with van der Waals surface area (Å²) in [5, 5.41) is 5.19. The van der Waals surface area contributed by atoms with E-state index in [-0.39, 0.29) is 17.5 Å². The summed E-state index contributed by atoms with van der Waals surface area (Å²) >= 11 is 1.50. The molecule has 2 aromatic heterocycles. The van der Waals surface area contributed by atoms with E-state index in [1.807, 2.05) is 26.0 Å². The molecule has 0 spiro atoms. The zero-order chi connectivity index (χ0) is 20.9. The molecule has 5 rings (SSSR count). The number of ether oxygens (including phenoxy) is 2. The van der Waals surface area contributed by atoms with E-state index in [4.69, 9.17) is 14.5 Å². The Labute approximate surface area is 179 Å². The monoisotopic (exact) mass is 426 g/mol. The molecule has 1 fully saturated rings. The van der Waals surface area contributed by atoms with Gasteiger partial charge in [0.25, 0.3) is 5.91 Å². The molecular formula is C22H26N4O3S. The van der Waals surface area contributed by atoms with Crippen molar-refractivity contribution in [3.63, 3.8) is 0 Å². The van der Waals surface area contributed by atoms with Gasteiger partial charge in [-0.05, 0) is 38.0 Å². The van der Waals surface area contributed by atoms with Crippen LogP contribution in [0.1, 0.15) is 34.8 Å². The van der Waals surface area contributed by atoms with Gasteiger partial charge in [-0.1, -0.05) is 11.3 Å². The Morgan fingerprint density at radius 3 is 3.10 bits per heavy atom. The Hall–Kier alpha value is -2.58. The lowest BCUT2D eigenvalue weighted by Crippen LogP contribution is -2.48. The fraction of sp³-hybridized carbons (Fsp3) is 0.455. The molecule has 1 aromatic carbocycles. The number of thiazole rings is 1. The second-order valence-corrected chi connectivity index (χ2v) is 9.62. The SMILES string of the molecule is COc1ccc2c(C[C@H]3COCCN3c3nc4c(s3)C(=O)NC(C)(C)C4)c[nH]c2c1. The van der Waals surface area contributed by atoms with Crippen molar-refractivity contribution in [2.24, 2.45) is 0 Å². The summed E-state index contributed by atoms with van der Waals surface area (Å²) in [6.07, 6.45) is 3.66. The summed E-state index contributed by atoms with van der Waals surface area (Å²) in [4.78, 5) is 23.8. The second-order valence-electron chi connectivity index (χ2n) is 8.64. The van der Waals surface area contributed by atoms with Crippen LogP contribution in [0.5, 0.6) is 5.75 Å². The Kier molecular flexibility index (Phi) is 4.71. The maximum absolute atomic E-state index is 12.5. The van der Waals surface area contributed by atoms with Crippen LogP contribution in [-0.2, 0) is 17.6 Å². The van der Waals surface area contributed by atoms with E-state index in [0.29, 0.717) is 13.2 Å². The summed E-state index contributed by atoms with van der Waals surface area (Å²) in [6, 6.07) is 6.28. The average Bonchev–Trinajstić information content (AvgIpc) is 3.31. The molecule has 0 aliphatic carbocycles. The quantitative estimate of drug-likeness (QED) is 0.670. The van der Waals surface area contributed by atoms with Gasteiger partial charge in [-0.2, -0.15) is 0 Å². The highest BCUT2D eigenvalue weighted by atomic mass is 32.1. The van der Waals surface area contributed by atoms with E-state index in [2.05, 4.69) is 27.5 Å². The topological polar surface area (TPSA) is 79.5 Å². The highest BCUT2D eigenvalue weighted by molar-refractivity contribution is 7.17. The van der Waals surface area contributed by atoms with Gasteiger partial charge in [-0.15, -0.1) is 0 Å². The van der Waals surface area contributed by atoms with Crippen molar-refractivity contribution < 1.29 is 14.3 Å². The van der Waals surface area contributed by atoms with Crippen molar-refractivity contribution in [2.45, 2.75) is 38.3 Å². The van der Waals surface area contributed by atoms with E-state index in [9.17, 15) is 4.79 Å². The van der Waals surface area contributed by atoms with Crippen molar-refractivity contribution in [1.29, 1.82) is 0 Å². The van der Waals surface area contributed by atoms with Crippen molar-refractivity contribution in [3.05, 3.63) is 40.5 Å². The summed E-state index contributed by atoms with van der Waals surface area (Å²) in [6.45, 7) is 6.17. The van der Waals surface area contributed by atoms with Crippen LogP contribution in [0, 0.1) is 0 Å². The van der Waals surface area contributed by atoms with E-state index >= 15 is 0 Å². The number of morpholine rings is 1. The third-order valence-corrected chi connectivity index (χ3v) is 6.99. The lowest BCUT2D eigenvalue weighted by molar-refractivity contribution is 0.0900. The predicted octanol–water partition coefficient (Wildman–Crippen LogP) is 3.15. The van der Waals surface area contributed by atoms with Crippen molar-refractivity contribution in [3.8, 4) is 5.75 Å². The third-order valence-electron chi connectivity index (χ3n) is 5.86. The van der Waals surface area contributed by atoms with E-state index in [0.717, 1.165) is 46.4 Å². The minimum Gasteiger partial charge on any atom is -0.497 e. The number of hydrogen-bond donors (Lipinski definition) is 2. The van der Waals surface area contributed by atoms with Gasteiger partial charge in [0, 0.05) is 41.7 Å². The summed E-state index contributed by atoms with van der Waals surface area (Å²) in [5.74, 6) is 0.827. The lowest BCUT2D eigenvalue weighted by Gasteiger charge is -2.35. The number of methoxy groups -OCH3 is 1. The number of nitrogens with one attached hydrogen (secondary N) is 2. The Balaban J connectivity index is 1.43. The van der Waals surface area contributed by atoms with Gasteiger partial charge < -0.3 is 24.7 Å². The molecule has 0 unspecified atom stereocenters. The molecule has 30 heavy (non-hydrogen) atoms. The van der Waals surface area contributed by atoms with Gasteiger partial charge in [0.05, 0.1) is 32.1 Å². The van der Waals surface area contributed by atoms with Crippen LogP contribution in [0.4, 0.5) is 5.13 Å². The van der Waals surface area contributed by atoms with E-state index in [1.54, 1.807) is 7.11 Å². The molecule has 0 saturated carbocycles. The van der Waals surface area contributed by atoms with Crippen LogP contribution in [0.25, 0.3) is 10.9 Å². The molecule has 1 amide bonds. The van der Waals surface area contributed by atoms with E-state index < -0.39 is 0 Å². The number of carbonyl (C=O) groups is 1. The molecule has 7 nitrogen and oxygen atoms in total. The molecule has 2 aliphatic heterocycles. The third kappa shape index (κ3) is 3.44. The maximum atomic E-state index is 12.5. The van der Waals surface area contributed by atoms with Gasteiger partial charge in [0.2, 0.25) is 0 Å². The number of H-pyrrole nitrogens is 1. The van der Waals surface area contributed by atoms with Gasteiger partial charge in [-0.3, -0.25) is 4.79 Å². The molecule has 0 bridgehead atoms. The zero-order valence-electron chi connectivity index (χ0n) is 17.4. The number of nitrogens with zero attached hydrogens (tertiary/aromatic N) is 2. The van der Waals surface area contributed by atoms with Crippen molar-refractivity contribution in [1.82, 2.24) is 15.3 Å². The number of fused-ring (bicyclic) bond motifs is 2. The van der Waals surface area contributed by atoms with Gasteiger partial charge in [0.1, 0.15) is 10.6 Å². The van der Waals surface area contributed by atoms with Crippen molar-refractivity contribution >= 4 is 33.3 Å². The molecule has 0 radical (unpaired) electrons. The van der Waals surface area contributed by atoms with Gasteiger partial charge in [0.15, 0.2) is 5.13 Å².